The van der Waals surface area contributed by atoms with Crippen molar-refractivity contribution in [3.8, 4) is 11.1 Å². The highest BCUT2D eigenvalue weighted by Gasteiger charge is 2.29. The van der Waals surface area contributed by atoms with E-state index in [4.69, 9.17) is 9.84 Å². The number of hydrogen-bond donors (Lipinski definition) is 3. The lowest BCUT2D eigenvalue weighted by molar-refractivity contribution is -0.142. The Balaban J connectivity index is 1.28. The van der Waals surface area contributed by atoms with Gasteiger partial charge in [0.05, 0.1) is 0 Å². The van der Waals surface area contributed by atoms with Crippen molar-refractivity contribution in [3.05, 3.63) is 70.7 Å². The van der Waals surface area contributed by atoms with E-state index in [-0.39, 0.29) is 24.9 Å². The van der Waals surface area contributed by atoms with Crippen LogP contribution in [0.15, 0.2) is 54.7 Å². The van der Waals surface area contributed by atoms with E-state index >= 15 is 0 Å². The summed E-state index contributed by atoms with van der Waals surface area (Å²) >= 11 is 1.25. The number of hydrogen-bond acceptors (Lipinski definition) is 6. The molecule has 0 bridgehead atoms. The van der Waals surface area contributed by atoms with Crippen LogP contribution in [-0.4, -0.2) is 40.7 Å². The van der Waals surface area contributed by atoms with Crippen molar-refractivity contribution < 1.29 is 24.2 Å². The normalized spacial score (nSPS) is 12.9. The number of anilines is 1. The standard InChI is InChI=1S/C26H27N3O5S/c1-2-7-22(24(31)32)28-23(30)13-12-16-14-27-25(35-16)29-26(33)34-15-21-19-10-5-3-8-17(19)18-9-4-6-11-20(18)21/h3-6,8-11,14,21-22H,2,7,12-13,15H2,1H3,(H,28,30)(H,31,32)(H,27,29,33)/t22-/m0/s1. The fraction of sp³-hybridized carbons (Fsp3) is 0.308. The second kappa shape index (κ2) is 11.1. The fourth-order valence-electron chi connectivity index (χ4n) is 4.25. The van der Waals surface area contributed by atoms with Gasteiger partial charge in [-0.05, 0) is 35.1 Å². The number of carboxylic acids is 1. The number of benzene rings is 2. The minimum absolute atomic E-state index is 0.0270. The Kier molecular flexibility index (Phi) is 7.77. The summed E-state index contributed by atoms with van der Waals surface area (Å²) in [4.78, 5) is 40.7. The molecule has 182 valence electrons. The van der Waals surface area contributed by atoms with E-state index in [1.165, 1.54) is 11.3 Å². The first-order chi connectivity index (χ1) is 17.0. The van der Waals surface area contributed by atoms with Gasteiger partial charge in [0.1, 0.15) is 12.6 Å². The number of nitrogens with zero attached hydrogens (tertiary/aromatic N) is 1. The van der Waals surface area contributed by atoms with Crippen molar-refractivity contribution in [2.75, 3.05) is 11.9 Å². The number of amides is 2. The van der Waals surface area contributed by atoms with Crippen LogP contribution in [0.5, 0.6) is 0 Å². The molecule has 1 aliphatic carbocycles. The molecule has 3 N–H and O–H groups in total. The van der Waals surface area contributed by atoms with Crippen LogP contribution >= 0.6 is 11.3 Å². The third kappa shape index (κ3) is 5.86. The maximum Gasteiger partial charge on any atom is 0.413 e. The second-order valence-corrected chi connectivity index (χ2v) is 9.44. The average molecular weight is 494 g/mol. The van der Waals surface area contributed by atoms with Gasteiger partial charge in [-0.15, -0.1) is 11.3 Å². The van der Waals surface area contributed by atoms with Crippen LogP contribution in [0, 0.1) is 0 Å². The number of thiazole rings is 1. The molecular weight excluding hydrogens is 466 g/mol. The number of aromatic nitrogens is 1. The van der Waals surface area contributed by atoms with Gasteiger partial charge in [0, 0.05) is 23.4 Å². The largest absolute Gasteiger partial charge is 0.480 e. The van der Waals surface area contributed by atoms with E-state index in [2.05, 4.69) is 39.9 Å². The molecule has 1 aromatic heterocycles. The van der Waals surface area contributed by atoms with Gasteiger partial charge in [0.2, 0.25) is 5.91 Å². The first-order valence-corrected chi connectivity index (χ1v) is 12.4. The number of rotatable bonds is 10. The molecule has 0 spiro atoms. The molecule has 0 radical (unpaired) electrons. The second-order valence-electron chi connectivity index (χ2n) is 8.33. The van der Waals surface area contributed by atoms with Crippen LogP contribution in [0.3, 0.4) is 0 Å². The highest BCUT2D eigenvalue weighted by Crippen LogP contribution is 2.44. The van der Waals surface area contributed by atoms with Crippen molar-refractivity contribution in [1.82, 2.24) is 10.3 Å². The van der Waals surface area contributed by atoms with Crippen molar-refractivity contribution in [2.24, 2.45) is 0 Å². The third-order valence-electron chi connectivity index (χ3n) is 5.92. The van der Waals surface area contributed by atoms with Gasteiger partial charge in [-0.25, -0.2) is 14.6 Å². The number of carbonyl (C=O) groups excluding carboxylic acids is 2. The molecule has 0 saturated carbocycles. The Labute approximate surface area is 207 Å². The molecule has 4 rings (SSSR count). The van der Waals surface area contributed by atoms with E-state index < -0.39 is 18.1 Å². The van der Waals surface area contributed by atoms with Gasteiger partial charge in [-0.3, -0.25) is 10.1 Å². The third-order valence-corrected chi connectivity index (χ3v) is 6.89. The molecule has 8 nitrogen and oxygen atoms in total. The predicted octanol–water partition coefficient (Wildman–Crippen LogP) is 4.81. The Bertz CT molecular complexity index is 1180. The summed E-state index contributed by atoms with van der Waals surface area (Å²) in [7, 11) is 0. The number of aryl methyl sites for hydroxylation is 1. The van der Waals surface area contributed by atoms with E-state index in [0.29, 0.717) is 24.4 Å². The molecule has 3 aromatic rings. The highest BCUT2D eigenvalue weighted by atomic mass is 32.1. The van der Waals surface area contributed by atoms with Gasteiger partial charge in [-0.1, -0.05) is 61.9 Å². The first kappa shape index (κ1) is 24.4. The summed E-state index contributed by atoms with van der Waals surface area (Å²) < 4.78 is 5.54. The van der Waals surface area contributed by atoms with Gasteiger partial charge >= 0.3 is 12.1 Å². The molecule has 2 amide bonds. The Hall–Kier alpha value is -3.72. The van der Waals surface area contributed by atoms with Crippen LogP contribution in [0.1, 0.15) is 48.1 Å². The number of nitrogens with one attached hydrogen (secondary N) is 2. The highest BCUT2D eigenvalue weighted by molar-refractivity contribution is 7.15. The number of aliphatic carboxylic acids is 1. The molecule has 1 atom stereocenters. The van der Waals surface area contributed by atoms with Gasteiger partial charge in [0.15, 0.2) is 5.13 Å². The van der Waals surface area contributed by atoms with Crippen molar-refractivity contribution >= 4 is 34.4 Å². The Morgan fingerprint density at radius 1 is 1.09 bits per heavy atom. The quantitative estimate of drug-likeness (QED) is 0.373. The first-order valence-electron chi connectivity index (χ1n) is 11.5. The molecule has 9 heteroatoms. The SMILES string of the molecule is CCC[C@H](NC(=O)CCc1cnc(NC(=O)OCC2c3ccccc3-c3ccccc32)s1)C(=O)O. The fourth-order valence-corrected chi connectivity index (χ4v) is 5.05. The van der Waals surface area contributed by atoms with E-state index in [1.807, 2.05) is 31.2 Å². The molecule has 0 saturated heterocycles. The molecule has 0 aliphatic heterocycles. The zero-order chi connectivity index (χ0) is 24.8. The smallest absolute Gasteiger partial charge is 0.413 e. The molecular formula is C26H27N3O5S. The van der Waals surface area contributed by atoms with Crippen LogP contribution < -0.4 is 10.6 Å². The maximum absolute atomic E-state index is 12.4. The molecule has 35 heavy (non-hydrogen) atoms. The van der Waals surface area contributed by atoms with E-state index in [1.54, 1.807) is 6.20 Å². The summed E-state index contributed by atoms with van der Waals surface area (Å²) in [5, 5.41) is 14.7. The van der Waals surface area contributed by atoms with Crippen LogP contribution in [0.4, 0.5) is 9.93 Å². The molecule has 2 aromatic carbocycles. The zero-order valence-electron chi connectivity index (χ0n) is 19.3. The maximum atomic E-state index is 12.4. The molecule has 0 unspecified atom stereocenters. The topological polar surface area (TPSA) is 118 Å². The Morgan fingerprint density at radius 3 is 2.37 bits per heavy atom. The van der Waals surface area contributed by atoms with Crippen LogP contribution in [-0.2, 0) is 20.7 Å². The minimum Gasteiger partial charge on any atom is -0.480 e. The van der Waals surface area contributed by atoms with Crippen LogP contribution in [0.2, 0.25) is 0 Å². The molecule has 0 fully saturated rings. The number of carboxylic acid groups (broad SMARTS) is 1. The lowest BCUT2D eigenvalue weighted by Gasteiger charge is -2.14. The van der Waals surface area contributed by atoms with E-state index in [0.717, 1.165) is 27.1 Å². The number of carbonyl (C=O) groups is 3. The van der Waals surface area contributed by atoms with Gasteiger partial charge in [0.25, 0.3) is 0 Å². The summed E-state index contributed by atoms with van der Waals surface area (Å²) in [6, 6.07) is 15.4. The van der Waals surface area contributed by atoms with Crippen molar-refractivity contribution in [1.29, 1.82) is 0 Å². The lowest BCUT2D eigenvalue weighted by atomic mass is 9.98. The van der Waals surface area contributed by atoms with Crippen LogP contribution in [0.25, 0.3) is 11.1 Å². The summed E-state index contributed by atoms with van der Waals surface area (Å²) in [6.07, 6.45) is 2.59. The van der Waals surface area contributed by atoms with Gasteiger partial charge in [-0.2, -0.15) is 0 Å². The average Bonchev–Trinajstić information content (AvgIpc) is 3.43. The summed E-state index contributed by atoms with van der Waals surface area (Å²) in [5.41, 5.74) is 4.60. The van der Waals surface area contributed by atoms with E-state index in [9.17, 15) is 14.4 Å². The van der Waals surface area contributed by atoms with Crippen molar-refractivity contribution in [2.45, 2.75) is 44.6 Å². The summed E-state index contributed by atoms with van der Waals surface area (Å²) in [6.45, 7) is 2.07. The van der Waals surface area contributed by atoms with Crippen molar-refractivity contribution in [3.63, 3.8) is 0 Å². The summed E-state index contributed by atoms with van der Waals surface area (Å²) in [5.74, 6) is -1.39. The zero-order valence-corrected chi connectivity index (χ0v) is 20.1. The number of ether oxygens (including phenoxy) is 1. The number of fused-ring (bicyclic) bond motifs is 3. The lowest BCUT2D eigenvalue weighted by Crippen LogP contribution is -2.40. The molecule has 1 heterocycles. The minimum atomic E-state index is -1.03. The Morgan fingerprint density at radius 2 is 1.74 bits per heavy atom. The van der Waals surface area contributed by atoms with Gasteiger partial charge < -0.3 is 15.2 Å². The monoisotopic (exact) mass is 493 g/mol. The molecule has 1 aliphatic rings. The predicted molar refractivity (Wildman–Crippen MR) is 134 cm³/mol.